The van der Waals surface area contributed by atoms with Gasteiger partial charge in [0.2, 0.25) is 11.8 Å². The van der Waals surface area contributed by atoms with Crippen molar-refractivity contribution in [2.45, 2.75) is 37.3 Å². The highest BCUT2D eigenvalue weighted by Gasteiger charge is 2.32. The number of nitrogens with zero attached hydrogens (tertiary/aromatic N) is 3. The lowest BCUT2D eigenvalue weighted by atomic mass is 9.75. The maximum absolute atomic E-state index is 13.0. The minimum absolute atomic E-state index is 0.139. The molecule has 0 radical (unpaired) electrons. The lowest BCUT2D eigenvalue weighted by Crippen LogP contribution is -2.45. The smallest absolute Gasteiger partial charge is 0.277 e. The predicted molar refractivity (Wildman–Crippen MR) is 97.1 cm³/mol. The summed E-state index contributed by atoms with van der Waals surface area (Å²) in [7, 11) is 0. The van der Waals surface area contributed by atoms with Crippen LogP contribution in [0.1, 0.15) is 32.1 Å². The number of rotatable bonds is 4. The molecule has 7 heteroatoms. The molecule has 4 rings (SSSR count). The van der Waals surface area contributed by atoms with Gasteiger partial charge in [-0.15, -0.1) is 10.2 Å². The number of hydrogen-bond donors (Lipinski definition) is 0. The molecule has 0 N–H and O–H groups in total. The molecule has 1 aliphatic heterocycles. The Morgan fingerprint density at radius 2 is 1.92 bits per heavy atom. The van der Waals surface area contributed by atoms with E-state index in [1.165, 1.54) is 49.6 Å². The predicted octanol–water partition coefficient (Wildman–Crippen LogP) is 4.01. The Hall–Kier alpha value is -1.89. The highest BCUT2D eigenvalue weighted by atomic mass is 32.2. The maximum Gasteiger partial charge on any atom is 0.277 e. The number of hydrogen-bond acceptors (Lipinski definition) is 5. The second-order valence-electron chi connectivity index (χ2n) is 7.10. The number of likely N-dealkylation sites (tertiary alicyclic amines) is 1. The minimum atomic E-state index is -0.310. The van der Waals surface area contributed by atoms with Crippen LogP contribution in [0.15, 0.2) is 33.9 Å². The Morgan fingerprint density at radius 3 is 2.73 bits per heavy atom. The summed E-state index contributed by atoms with van der Waals surface area (Å²) in [5.74, 6) is 1.97. The van der Waals surface area contributed by atoms with Gasteiger partial charge in [0.25, 0.3) is 5.22 Å². The molecule has 26 heavy (non-hydrogen) atoms. The van der Waals surface area contributed by atoms with Crippen LogP contribution in [-0.2, 0) is 4.79 Å². The SMILES string of the molecule is O=C(CSc1nnc(-c2ccc(F)cc2)o1)N1CC[C@H]2CCCC[C@H]2C1. The molecule has 0 spiro atoms. The fourth-order valence-corrected chi connectivity index (χ4v) is 4.69. The van der Waals surface area contributed by atoms with E-state index in [9.17, 15) is 9.18 Å². The van der Waals surface area contributed by atoms with Crippen molar-refractivity contribution in [3.05, 3.63) is 30.1 Å². The van der Waals surface area contributed by atoms with Crippen LogP contribution >= 0.6 is 11.8 Å². The van der Waals surface area contributed by atoms with Gasteiger partial charge >= 0.3 is 0 Å². The average Bonchev–Trinajstić information content (AvgIpc) is 3.15. The normalized spacial score (nSPS) is 22.9. The molecule has 1 saturated heterocycles. The molecule has 138 valence electrons. The lowest BCUT2D eigenvalue weighted by molar-refractivity contribution is -0.131. The van der Waals surface area contributed by atoms with Crippen molar-refractivity contribution >= 4 is 17.7 Å². The van der Waals surface area contributed by atoms with Crippen LogP contribution in [0.25, 0.3) is 11.5 Å². The van der Waals surface area contributed by atoms with Crippen LogP contribution in [0.2, 0.25) is 0 Å². The summed E-state index contributed by atoms with van der Waals surface area (Å²) < 4.78 is 18.6. The first kappa shape index (κ1) is 17.5. The molecular formula is C19H22FN3O2S. The quantitative estimate of drug-likeness (QED) is 0.756. The third-order valence-corrected chi connectivity index (χ3v) is 6.26. The number of amides is 1. The number of halogens is 1. The standard InChI is InChI=1S/C19H22FN3O2S/c20-16-7-5-14(6-8-16)18-21-22-19(25-18)26-12-17(24)23-10-9-13-3-1-2-4-15(13)11-23/h5-8,13,15H,1-4,9-12H2/t13-,15+/m1/s1. The summed E-state index contributed by atoms with van der Waals surface area (Å²) >= 11 is 1.26. The average molecular weight is 375 g/mol. The van der Waals surface area contributed by atoms with E-state index in [4.69, 9.17) is 4.42 Å². The summed E-state index contributed by atoms with van der Waals surface area (Å²) in [4.78, 5) is 14.5. The summed E-state index contributed by atoms with van der Waals surface area (Å²) in [6.45, 7) is 1.76. The van der Waals surface area contributed by atoms with E-state index < -0.39 is 0 Å². The monoisotopic (exact) mass is 375 g/mol. The van der Waals surface area contributed by atoms with Crippen molar-refractivity contribution in [1.82, 2.24) is 15.1 Å². The largest absolute Gasteiger partial charge is 0.411 e. The molecule has 2 aliphatic rings. The highest BCUT2D eigenvalue weighted by Crippen LogP contribution is 2.36. The van der Waals surface area contributed by atoms with Gasteiger partial charge in [-0.3, -0.25) is 4.79 Å². The Morgan fingerprint density at radius 1 is 1.15 bits per heavy atom. The number of piperidine rings is 1. The number of benzene rings is 1. The van der Waals surface area contributed by atoms with Crippen molar-refractivity contribution in [3.63, 3.8) is 0 Å². The lowest BCUT2D eigenvalue weighted by Gasteiger charge is -2.41. The first-order chi connectivity index (χ1) is 12.7. The maximum atomic E-state index is 13.0. The third-order valence-electron chi connectivity index (χ3n) is 5.46. The molecule has 1 saturated carbocycles. The highest BCUT2D eigenvalue weighted by molar-refractivity contribution is 7.99. The van der Waals surface area contributed by atoms with E-state index in [1.807, 2.05) is 4.90 Å². The van der Waals surface area contributed by atoms with Crippen molar-refractivity contribution in [1.29, 1.82) is 0 Å². The molecule has 2 aromatic rings. The molecule has 2 fully saturated rings. The summed E-state index contributed by atoms with van der Waals surface area (Å²) in [5, 5.41) is 8.32. The van der Waals surface area contributed by atoms with Crippen LogP contribution in [-0.4, -0.2) is 39.8 Å². The first-order valence-electron chi connectivity index (χ1n) is 9.19. The van der Waals surface area contributed by atoms with E-state index >= 15 is 0 Å². The van der Waals surface area contributed by atoms with Crippen LogP contribution in [0, 0.1) is 17.7 Å². The summed E-state index contributed by atoms with van der Waals surface area (Å²) in [5.41, 5.74) is 0.663. The number of carbonyl (C=O) groups excluding carboxylic acids is 1. The Kier molecular flexibility index (Phi) is 5.24. The summed E-state index contributed by atoms with van der Waals surface area (Å²) in [6.07, 6.45) is 6.36. The van der Waals surface area contributed by atoms with E-state index in [1.54, 1.807) is 12.1 Å². The molecule has 0 unspecified atom stereocenters. The Balaban J connectivity index is 1.31. The molecule has 1 amide bonds. The zero-order valence-electron chi connectivity index (χ0n) is 14.6. The molecule has 0 bridgehead atoms. The molecule has 2 atom stereocenters. The fourth-order valence-electron chi connectivity index (χ4n) is 4.02. The first-order valence-corrected chi connectivity index (χ1v) is 10.2. The van der Waals surface area contributed by atoms with Crippen LogP contribution in [0.3, 0.4) is 0 Å². The molecular weight excluding hydrogens is 353 g/mol. The Labute approximate surface area is 156 Å². The van der Waals surface area contributed by atoms with Gasteiger partial charge in [-0.1, -0.05) is 31.0 Å². The summed E-state index contributed by atoms with van der Waals surface area (Å²) in [6, 6.07) is 5.89. The van der Waals surface area contributed by atoms with E-state index in [0.29, 0.717) is 28.3 Å². The van der Waals surface area contributed by atoms with Crippen molar-refractivity contribution in [3.8, 4) is 11.5 Å². The van der Waals surface area contributed by atoms with Gasteiger partial charge in [-0.25, -0.2) is 4.39 Å². The van der Waals surface area contributed by atoms with Crippen LogP contribution in [0.5, 0.6) is 0 Å². The van der Waals surface area contributed by atoms with E-state index in [-0.39, 0.29) is 11.7 Å². The van der Waals surface area contributed by atoms with Crippen molar-refractivity contribution in [2.24, 2.45) is 11.8 Å². The van der Waals surface area contributed by atoms with Crippen LogP contribution in [0.4, 0.5) is 4.39 Å². The van der Waals surface area contributed by atoms with Crippen molar-refractivity contribution in [2.75, 3.05) is 18.8 Å². The second kappa shape index (κ2) is 7.78. The van der Waals surface area contributed by atoms with Gasteiger partial charge in [0, 0.05) is 18.7 Å². The number of fused-ring (bicyclic) bond motifs is 1. The van der Waals surface area contributed by atoms with Gasteiger partial charge in [0.1, 0.15) is 5.82 Å². The van der Waals surface area contributed by atoms with Gasteiger partial charge in [0.15, 0.2) is 0 Å². The third kappa shape index (κ3) is 3.92. The zero-order chi connectivity index (χ0) is 17.9. The van der Waals surface area contributed by atoms with Gasteiger partial charge in [0.05, 0.1) is 5.75 Å². The number of carbonyl (C=O) groups is 1. The zero-order valence-corrected chi connectivity index (χ0v) is 15.4. The van der Waals surface area contributed by atoms with Crippen molar-refractivity contribution < 1.29 is 13.6 Å². The Bertz CT molecular complexity index is 764. The molecule has 1 aliphatic carbocycles. The van der Waals surface area contributed by atoms with Gasteiger partial charge in [-0.05, 0) is 48.9 Å². The minimum Gasteiger partial charge on any atom is -0.411 e. The van der Waals surface area contributed by atoms with Gasteiger partial charge < -0.3 is 9.32 Å². The van der Waals surface area contributed by atoms with E-state index in [2.05, 4.69) is 10.2 Å². The fraction of sp³-hybridized carbons (Fsp3) is 0.526. The van der Waals surface area contributed by atoms with Crippen LogP contribution < -0.4 is 0 Å². The van der Waals surface area contributed by atoms with Gasteiger partial charge in [-0.2, -0.15) is 0 Å². The molecule has 1 aromatic heterocycles. The number of thioether (sulfide) groups is 1. The molecule has 1 aromatic carbocycles. The van der Waals surface area contributed by atoms with E-state index in [0.717, 1.165) is 25.4 Å². The topological polar surface area (TPSA) is 59.2 Å². The second-order valence-corrected chi connectivity index (χ2v) is 8.03. The molecule has 2 heterocycles. The number of aromatic nitrogens is 2. The molecule has 5 nitrogen and oxygen atoms in total.